The smallest absolute Gasteiger partial charge is 0.137 e. The van der Waals surface area contributed by atoms with Crippen LogP contribution in [0.5, 0.6) is 0 Å². The van der Waals surface area contributed by atoms with Crippen LogP contribution in [-0.4, -0.2) is 22.0 Å². The lowest BCUT2D eigenvalue weighted by molar-refractivity contribution is 0.397. The summed E-state index contributed by atoms with van der Waals surface area (Å²) in [7, 11) is 0. The Morgan fingerprint density at radius 1 is 1.41 bits per heavy atom. The third-order valence-electron chi connectivity index (χ3n) is 3.36. The maximum absolute atomic E-state index is 4.66. The molecule has 1 atom stereocenters. The van der Waals surface area contributed by atoms with Gasteiger partial charge in [-0.05, 0) is 47.4 Å². The van der Waals surface area contributed by atoms with Crippen LogP contribution < -0.4 is 5.32 Å². The Kier molecular flexibility index (Phi) is 3.16. The fourth-order valence-corrected chi connectivity index (χ4v) is 2.91. The van der Waals surface area contributed by atoms with E-state index in [1.807, 2.05) is 18.2 Å². The van der Waals surface area contributed by atoms with Crippen LogP contribution in [0.3, 0.4) is 0 Å². The highest BCUT2D eigenvalue weighted by Gasteiger charge is 2.14. The Hall–Kier alpha value is -0.870. The molecule has 1 aliphatic heterocycles. The molecule has 1 unspecified atom stereocenters. The Morgan fingerprint density at radius 3 is 3.12 bits per heavy atom. The monoisotopic (exact) mass is 293 g/mol. The number of piperidine rings is 1. The first-order valence-electron chi connectivity index (χ1n) is 6.19. The molecule has 0 radical (unpaired) electrons. The molecule has 0 saturated carbocycles. The summed E-state index contributed by atoms with van der Waals surface area (Å²) in [6.45, 7) is 1.15. The van der Waals surface area contributed by atoms with Gasteiger partial charge in [0.2, 0.25) is 0 Å². The van der Waals surface area contributed by atoms with Crippen molar-refractivity contribution in [3.63, 3.8) is 0 Å². The SMILES string of the molecule is Brc1cccc2nc(CC3CCCCN3)cn12. The Bertz CT molecular complexity index is 514. The standard InChI is InChI=1S/C13H16BrN3/c14-12-5-3-6-13-16-11(9-17(12)13)8-10-4-1-2-7-15-10/h3,5-6,9-10,15H,1-2,4,7-8H2. The van der Waals surface area contributed by atoms with Gasteiger partial charge in [-0.25, -0.2) is 4.98 Å². The van der Waals surface area contributed by atoms with E-state index in [0.717, 1.165) is 23.2 Å². The molecule has 2 aromatic heterocycles. The molecule has 3 nitrogen and oxygen atoms in total. The van der Waals surface area contributed by atoms with Crippen molar-refractivity contribution in [1.82, 2.24) is 14.7 Å². The number of nitrogens with zero attached hydrogens (tertiary/aromatic N) is 2. The van der Waals surface area contributed by atoms with Gasteiger partial charge in [-0.15, -0.1) is 0 Å². The molecule has 1 saturated heterocycles. The second-order valence-electron chi connectivity index (χ2n) is 4.66. The van der Waals surface area contributed by atoms with Gasteiger partial charge < -0.3 is 5.32 Å². The highest BCUT2D eigenvalue weighted by molar-refractivity contribution is 9.10. The number of hydrogen-bond donors (Lipinski definition) is 1. The largest absolute Gasteiger partial charge is 0.314 e. The molecular weight excluding hydrogens is 278 g/mol. The van der Waals surface area contributed by atoms with E-state index in [4.69, 9.17) is 0 Å². The van der Waals surface area contributed by atoms with E-state index in [-0.39, 0.29) is 0 Å². The molecule has 0 aromatic carbocycles. The number of nitrogens with one attached hydrogen (secondary N) is 1. The molecule has 0 amide bonds. The predicted octanol–water partition coefficient (Wildman–Crippen LogP) is 2.78. The minimum absolute atomic E-state index is 0.604. The van der Waals surface area contributed by atoms with Crippen molar-refractivity contribution < 1.29 is 0 Å². The molecule has 0 spiro atoms. The van der Waals surface area contributed by atoms with Gasteiger partial charge in [-0.3, -0.25) is 4.40 Å². The van der Waals surface area contributed by atoms with Gasteiger partial charge in [-0.1, -0.05) is 12.5 Å². The number of halogens is 1. The van der Waals surface area contributed by atoms with E-state index in [0.29, 0.717) is 6.04 Å². The predicted molar refractivity (Wildman–Crippen MR) is 72.2 cm³/mol. The number of rotatable bonds is 2. The first-order chi connectivity index (χ1) is 8.33. The normalized spacial score (nSPS) is 20.9. The third kappa shape index (κ3) is 2.38. The Morgan fingerprint density at radius 2 is 2.35 bits per heavy atom. The van der Waals surface area contributed by atoms with E-state index in [1.54, 1.807) is 0 Å². The van der Waals surface area contributed by atoms with Crippen LogP contribution in [0.25, 0.3) is 5.65 Å². The van der Waals surface area contributed by atoms with Crippen molar-refractivity contribution in [3.05, 3.63) is 34.7 Å². The molecule has 0 bridgehead atoms. The van der Waals surface area contributed by atoms with Crippen LogP contribution in [0.15, 0.2) is 29.0 Å². The lowest BCUT2D eigenvalue weighted by Crippen LogP contribution is -2.35. The van der Waals surface area contributed by atoms with Crippen molar-refractivity contribution >= 4 is 21.6 Å². The van der Waals surface area contributed by atoms with Gasteiger partial charge in [0.25, 0.3) is 0 Å². The molecule has 1 aliphatic rings. The van der Waals surface area contributed by atoms with Crippen LogP contribution in [0.1, 0.15) is 25.0 Å². The fourth-order valence-electron chi connectivity index (χ4n) is 2.48. The Labute approximate surface area is 109 Å². The van der Waals surface area contributed by atoms with Crippen molar-refractivity contribution in [2.75, 3.05) is 6.54 Å². The minimum Gasteiger partial charge on any atom is -0.314 e. The second kappa shape index (κ2) is 4.78. The molecule has 3 rings (SSSR count). The van der Waals surface area contributed by atoms with Crippen molar-refractivity contribution in [3.8, 4) is 0 Å². The van der Waals surface area contributed by atoms with Crippen molar-refractivity contribution in [2.24, 2.45) is 0 Å². The molecule has 3 heterocycles. The lowest BCUT2D eigenvalue weighted by atomic mass is 10.0. The summed E-state index contributed by atoms with van der Waals surface area (Å²) in [5.74, 6) is 0. The van der Waals surface area contributed by atoms with Gasteiger partial charge in [0, 0.05) is 18.7 Å². The molecular formula is C13H16BrN3. The molecule has 17 heavy (non-hydrogen) atoms. The average Bonchev–Trinajstić information content (AvgIpc) is 2.74. The van der Waals surface area contributed by atoms with Crippen LogP contribution in [-0.2, 0) is 6.42 Å². The van der Waals surface area contributed by atoms with Gasteiger partial charge >= 0.3 is 0 Å². The number of aromatic nitrogens is 2. The van der Waals surface area contributed by atoms with Crippen molar-refractivity contribution in [1.29, 1.82) is 0 Å². The van der Waals surface area contributed by atoms with Crippen LogP contribution in [0.2, 0.25) is 0 Å². The fraction of sp³-hybridized carbons (Fsp3) is 0.462. The zero-order valence-corrected chi connectivity index (χ0v) is 11.3. The van der Waals surface area contributed by atoms with E-state index in [9.17, 15) is 0 Å². The molecule has 1 fully saturated rings. The number of imidazole rings is 1. The first-order valence-corrected chi connectivity index (χ1v) is 6.98. The molecule has 0 aliphatic carbocycles. The van der Waals surface area contributed by atoms with E-state index in [2.05, 4.69) is 36.8 Å². The van der Waals surface area contributed by atoms with E-state index in [1.165, 1.54) is 25.0 Å². The molecule has 90 valence electrons. The van der Waals surface area contributed by atoms with E-state index >= 15 is 0 Å². The summed E-state index contributed by atoms with van der Waals surface area (Å²) < 4.78 is 3.16. The van der Waals surface area contributed by atoms with Gasteiger partial charge in [0.1, 0.15) is 5.65 Å². The Balaban J connectivity index is 1.83. The molecule has 4 heteroatoms. The van der Waals surface area contributed by atoms with Crippen LogP contribution in [0.4, 0.5) is 0 Å². The minimum atomic E-state index is 0.604. The zero-order chi connectivity index (χ0) is 11.7. The lowest BCUT2D eigenvalue weighted by Gasteiger charge is -2.22. The highest BCUT2D eigenvalue weighted by atomic mass is 79.9. The average molecular weight is 294 g/mol. The second-order valence-corrected chi connectivity index (χ2v) is 5.47. The number of fused-ring (bicyclic) bond motifs is 1. The number of hydrogen-bond acceptors (Lipinski definition) is 2. The van der Waals surface area contributed by atoms with Crippen LogP contribution >= 0.6 is 15.9 Å². The summed E-state index contributed by atoms with van der Waals surface area (Å²) in [4.78, 5) is 4.66. The zero-order valence-electron chi connectivity index (χ0n) is 9.69. The van der Waals surface area contributed by atoms with E-state index < -0.39 is 0 Å². The highest BCUT2D eigenvalue weighted by Crippen LogP contribution is 2.17. The molecule has 2 aromatic rings. The van der Waals surface area contributed by atoms with Crippen molar-refractivity contribution in [2.45, 2.75) is 31.7 Å². The maximum atomic E-state index is 4.66. The summed E-state index contributed by atoms with van der Waals surface area (Å²) in [6.07, 6.45) is 7.10. The van der Waals surface area contributed by atoms with Gasteiger partial charge in [0.15, 0.2) is 0 Å². The van der Waals surface area contributed by atoms with Gasteiger partial charge in [0.05, 0.1) is 10.3 Å². The quantitative estimate of drug-likeness (QED) is 0.863. The number of pyridine rings is 1. The summed E-state index contributed by atoms with van der Waals surface area (Å²) in [5.41, 5.74) is 2.20. The first kappa shape index (κ1) is 11.2. The topological polar surface area (TPSA) is 29.3 Å². The van der Waals surface area contributed by atoms with Crippen LogP contribution in [0, 0.1) is 0 Å². The van der Waals surface area contributed by atoms with Gasteiger partial charge in [-0.2, -0.15) is 0 Å². The summed E-state index contributed by atoms with van der Waals surface area (Å²) in [6, 6.07) is 6.71. The summed E-state index contributed by atoms with van der Waals surface area (Å²) in [5, 5.41) is 3.57. The summed E-state index contributed by atoms with van der Waals surface area (Å²) >= 11 is 3.54. The maximum Gasteiger partial charge on any atom is 0.137 e. The molecule has 1 N–H and O–H groups in total. The third-order valence-corrected chi connectivity index (χ3v) is 4.01.